The smallest absolute Gasteiger partial charge is 0.381 e. The van der Waals surface area contributed by atoms with Gasteiger partial charge in [-0.1, -0.05) is 0 Å². The average molecular weight is 393 g/mol. The summed E-state index contributed by atoms with van der Waals surface area (Å²) in [5.41, 5.74) is 0.151. The number of pyridine rings is 1. The zero-order chi connectivity index (χ0) is 19.6. The molecule has 2 fully saturated rings. The number of nitrogens with one attached hydrogen (secondary N) is 1. The minimum Gasteiger partial charge on any atom is -0.381 e. The van der Waals surface area contributed by atoms with Gasteiger partial charge in [0.15, 0.2) is 0 Å². The van der Waals surface area contributed by atoms with Crippen LogP contribution in [0.15, 0.2) is 24.4 Å². The fourth-order valence-corrected chi connectivity index (χ4v) is 3.58. The molecule has 0 bridgehead atoms. The summed E-state index contributed by atoms with van der Waals surface area (Å²) >= 11 is 0. The molecule has 0 unspecified atom stereocenters. The van der Waals surface area contributed by atoms with E-state index in [2.05, 4.69) is 20.2 Å². The molecule has 2 aliphatic rings. The first-order valence-corrected chi connectivity index (χ1v) is 9.51. The Hall–Kier alpha value is -2.42. The molecule has 0 aromatic carbocycles. The number of aromatic nitrogens is 3. The third-order valence-electron chi connectivity index (χ3n) is 5.11. The summed E-state index contributed by atoms with van der Waals surface area (Å²) in [5.74, 6) is 1.45. The van der Waals surface area contributed by atoms with E-state index in [-0.39, 0.29) is 11.7 Å². The van der Waals surface area contributed by atoms with E-state index >= 15 is 0 Å². The molecule has 2 saturated heterocycles. The molecular formula is C19H22F3N5O. The zero-order valence-corrected chi connectivity index (χ0v) is 15.4. The first-order chi connectivity index (χ1) is 13.5. The van der Waals surface area contributed by atoms with Gasteiger partial charge in [0, 0.05) is 44.5 Å². The number of hydrogen-bond acceptors (Lipinski definition) is 6. The third-order valence-corrected chi connectivity index (χ3v) is 5.11. The topological polar surface area (TPSA) is 63.2 Å². The monoisotopic (exact) mass is 393 g/mol. The quantitative estimate of drug-likeness (QED) is 0.843. The molecule has 9 heteroatoms. The largest absolute Gasteiger partial charge is 0.416 e. The Morgan fingerprint density at radius 3 is 2.50 bits per heavy atom. The average Bonchev–Trinajstić information content (AvgIpc) is 3.23. The molecule has 1 N–H and O–H groups in total. The number of hydrogen-bond donors (Lipinski definition) is 1. The number of ether oxygens (including phenoxy) is 1. The van der Waals surface area contributed by atoms with Crippen LogP contribution in [0, 0.1) is 0 Å². The lowest BCUT2D eigenvalue weighted by Gasteiger charge is -2.24. The Labute approximate surface area is 161 Å². The fraction of sp³-hybridized carbons (Fsp3) is 0.526. The maximum absolute atomic E-state index is 13.0. The SMILES string of the molecule is FC(F)(F)c1ccnc(Nc2cc(C3CCOCC3)nc(N3CCCC3)n2)c1. The Balaban J connectivity index is 1.64. The van der Waals surface area contributed by atoms with Crippen molar-refractivity contribution in [1.29, 1.82) is 0 Å². The molecule has 0 spiro atoms. The van der Waals surface area contributed by atoms with Gasteiger partial charge in [-0.2, -0.15) is 18.2 Å². The van der Waals surface area contributed by atoms with Gasteiger partial charge in [-0.25, -0.2) is 9.97 Å². The van der Waals surface area contributed by atoms with Crippen molar-refractivity contribution in [3.8, 4) is 0 Å². The summed E-state index contributed by atoms with van der Waals surface area (Å²) in [6.07, 6.45) is 0.646. The van der Waals surface area contributed by atoms with E-state index in [0.29, 0.717) is 25.0 Å². The van der Waals surface area contributed by atoms with Gasteiger partial charge in [0.25, 0.3) is 0 Å². The Bertz CT molecular complexity index is 817. The van der Waals surface area contributed by atoms with E-state index in [1.807, 2.05) is 6.07 Å². The van der Waals surface area contributed by atoms with Crippen molar-refractivity contribution < 1.29 is 17.9 Å². The van der Waals surface area contributed by atoms with Crippen molar-refractivity contribution >= 4 is 17.6 Å². The predicted octanol–water partition coefficient (Wildman–Crippen LogP) is 4.13. The van der Waals surface area contributed by atoms with Gasteiger partial charge in [0.05, 0.1) is 11.3 Å². The van der Waals surface area contributed by atoms with Gasteiger partial charge >= 0.3 is 6.18 Å². The molecule has 0 aliphatic carbocycles. The van der Waals surface area contributed by atoms with Crippen LogP contribution in [0.5, 0.6) is 0 Å². The van der Waals surface area contributed by atoms with Crippen LogP contribution < -0.4 is 10.2 Å². The molecule has 0 saturated carbocycles. The summed E-state index contributed by atoms with van der Waals surface area (Å²) in [7, 11) is 0. The number of nitrogens with zero attached hydrogens (tertiary/aromatic N) is 4. The molecule has 4 heterocycles. The lowest BCUT2D eigenvalue weighted by Crippen LogP contribution is -2.23. The highest BCUT2D eigenvalue weighted by molar-refractivity contribution is 5.55. The van der Waals surface area contributed by atoms with E-state index in [1.165, 1.54) is 0 Å². The molecule has 4 rings (SSSR count). The maximum Gasteiger partial charge on any atom is 0.416 e. The Kier molecular flexibility index (Phi) is 5.34. The summed E-state index contributed by atoms with van der Waals surface area (Å²) < 4.78 is 44.4. The van der Waals surface area contributed by atoms with Crippen molar-refractivity contribution in [1.82, 2.24) is 15.0 Å². The van der Waals surface area contributed by atoms with E-state index in [0.717, 1.165) is 62.8 Å². The van der Waals surface area contributed by atoms with Crippen LogP contribution in [0.2, 0.25) is 0 Å². The molecule has 28 heavy (non-hydrogen) atoms. The second kappa shape index (κ2) is 7.90. The normalized spacial score (nSPS) is 18.5. The van der Waals surface area contributed by atoms with E-state index in [9.17, 15) is 13.2 Å². The predicted molar refractivity (Wildman–Crippen MR) is 98.8 cm³/mol. The molecule has 6 nitrogen and oxygen atoms in total. The van der Waals surface area contributed by atoms with Crippen LogP contribution in [-0.2, 0) is 10.9 Å². The van der Waals surface area contributed by atoms with Gasteiger partial charge in [-0.15, -0.1) is 0 Å². The second-order valence-electron chi connectivity index (χ2n) is 7.11. The third kappa shape index (κ3) is 4.35. The van der Waals surface area contributed by atoms with Crippen molar-refractivity contribution in [3.05, 3.63) is 35.7 Å². The lowest BCUT2D eigenvalue weighted by atomic mass is 9.96. The van der Waals surface area contributed by atoms with Crippen LogP contribution in [0.25, 0.3) is 0 Å². The van der Waals surface area contributed by atoms with Crippen molar-refractivity contribution in [2.24, 2.45) is 0 Å². The van der Waals surface area contributed by atoms with Crippen molar-refractivity contribution in [2.45, 2.75) is 37.8 Å². The second-order valence-corrected chi connectivity index (χ2v) is 7.11. The minimum absolute atomic E-state index is 0.110. The van der Waals surface area contributed by atoms with Gasteiger partial charge < -0.3 is 15.0 Å². The van der Waals surface area contributed by atoms with E-state index in [1.54, 1.807) is 0 Å². The molecule has 0 radical (unpaired) electrons. The standard InChI is InChI=1S/C19H22F3N5O/c20-19(21,22)14-3-6-23-16(11-14)25-17-12-15(13-4-9-28-10-5-13)24-18(26-17)27-7-1-2-8-27/h3,6,11-13H,1-2,4-5,7-10H2,(H,23,24,25,26). The fourth-order valence-electron chi connectivity index (χ4n) is 3.58. The maximum atomic E-state index is 13.0. The Morgan fingerprint density at radius 1 is 1.04 bits per heavy atom. The first-order valence-electron chi connectivity index (χ1n) is 9.51. The van der Waals surface area contributed by atoms with Crippen molar-refractivity contribution in [3.63, 3.8) is 0 Å². The van der Waals surface area contributed by atoms with Crippen LogP contribution in [-0.4, -0.2) is 41.3 Å². The molecule has 2 aromatic heterocycles. The van der Waals surface area contributed by atoms with Crippen LogP contribution in [0.3, 0.4) is 0 Å². The highest BCUT2D eigenvalue weighted by Crippen LogP contribution is 2.32. The van der Waals surface area contributed by atoms with Gasteiger partial charge in [-0.3, -0.25) is 0 Å². The molecule has 150 valence electrons. The molecule has 0 amide bonds. The van der Waals surface area contributed by atoms with Crippen LogP contribution >= 0.6 is 0 Å². The number of rotatable bonds is 4. The summed E-state index contributed by atoms with van der Waals surface area (Å²) in [4.78, 5) is 15.4. The molecular weight excluding hydrogens is 371 g/mol. The highest BCUT2D eigenvalue weighted by Gasteiger charge is 2.31. The molecule has 0 atom stereocenters. The first kappa shape index (κ1) is 18.9. The van der Waals surface area contributed by atoms with Crippen LogP contribution in [0.4, 0.5) is 30.8 Å². The van der Waals surface area contributed by atoms with Crippen LogP contribution in [0.1, 0.15) is 42.9 Å². The molecule has 2 aromatic rings. The Morgan fingerprint density at radius 2 is 1.79 bits per heavy atom. The number of anilines is 3. The summed E-state index contributed by atoms with van der Waals surface area (Å²) in [5, 5.41) is 2.94. The van der Waals surface area contributed by atoms with Gasteiger partial charge in [-0.05, 0) is 37.8 Å². The van der Waals surface area contributed by atoms with Gasteiger partial charge in [0.1, 0.15) is 11.6 Å². The highest BCUT2D eigenvalue weighted by atomic mass is 19.4. The van der Waals surface area contributed by atoms with Crippen molar-refractivity contribution in [2.75, 3.05) is 36.5 Å². The zero-order valence-electron chi connectivity index (χ0n) is 15.4. The van der Waals surface area contributed by atoms with E-state index < -0.39 is 11.7 Å². The summed E-state index contributed by atoms with van der Waals surface area (Å²) in [6, 6.07) is 3.76. The van der Waals surface area contributed by atoms with Gasteiger partial charge in [0.2, 0.25) is 5.95 Å². The molecule has 2 aliphatic heterocycles. The lowest BCUT2D eigenvalue weighted by molar-refractivity contribution is -0.137. The minimum atomic E-state index is -4.42. The number of alkyl halides is 3. The summed E-state index contributed by atoms with van der Waals surface area (Å²) in [6.45, 7) is 3.15. The van der Waals surface area contributed by atoms with E-state index in [4.69, 9.17) is 9.72 Å². The number of halogens is 3.